The highest BCUT2D eigenvalue weighted by Gasteiger charge is 2.18. The number of ether oxygens (including phenoxy) is 1. The number of anilines is 1. The molecule has 2 heterocycles. The number of fused-ring (bicyclic) bond motifs is 1. The van der Waals surface area contributed by atoms with E-state index in [-0.39, 0.29) is 10.9 Å². The van der Waals surface area contributed by atoms with Gasteiger partial charge >= 0.3 is 11.9 Å². The van der Waals surface area contributed by atoms with Crippen LogP contribution in [0.15, 0.2) is 34.7 Å². The number of methoxy groups -OCH3 is 1. The first kappa shape index (κ1) is 15.6. The molecular formula is C14H9N3O6S. The Kier molecular flexibility index (Phi) is 3.96. The first-order valence-corrected chi connectivity index (χ1v) is 7.34. The van der Waals surface area contributed by atoms with Gasteiger partial charge in [0.05, 0.1) is 29.0 Å². The van der Waals surface area contributed by atoms with Gasteiger partial charge in [-0.05, 0) is 24.3 Å². The molecule has 9 nitrogen and oxygen atoms in total. The van der Waals surface area contributed by atoms with Gasteiger partial charge < -0.3 is 9.15 Å². The summed E-state index contributed by atoms with van der Waals surface area (Å²) in [6.45, 7) is 0. The number of hydrogen-bond acceptors (Lipinski definition) is 8. The van der Waals surface area contributed by atoms with Crippen molar-refractivity contribution in [2.24, 2.45) is 0 Å². The van der Waals surface area contributed by atoms with Gasteiger partial charge in [0.2, 0.25) is 0 Å². The van der Waals surface area contributed by atoms with Gasteiger partial charge in [-0.1, -0.05) is 11.3 Å². The van der Waals surface area contributed by atoms with Crippen molar-refractivity contribution in [2.45, 2.75) is 0 Å². The molecule has 3 aromatic rings. The molecule has 0 aliphatic rings. The van der Waals surface area contributed by atoms with Crippen molar-refractivity contribution in [3.8, 4) is 0 Å². The normalized spacial score (nSPS) is 10.5. The van der Waals surface area contributed by atoms with Crippen LogP contribution in [-0.2, 0) is 4.74 Å². The zero-order valence-corrected chi connectivity index (χ0v) is 13.0. The molecule has 0 spiro atoms. The smallest absolute Gasteiger partial charge is 0.433 e. The van der Waals surface area contributed by atoms with E-state index in [0.717, 1.165) is 17.4 Å². The number of nitro groups is 1. The number of carbonyl (C=O) groups excluding carboxylic acids is 2. The first-order valence-electron chi connectivity index (χ1n) is 6.52. The minimum absolute atomic E-state index is 0.198. The van der Waals surface area contributed by atoms with Gasteiger partial charge in [0.25, 0.3) is 5.91 Å². The second kappa shape index (κ2) is 6.08. The fourth-order valence-electron chi connectivity index (χ4n) is 1.93. The van der Waals surface area contributed by atoms with Crippen molar-refractivity contribution in [2.75, 3.05) is 12.4 Å². The van der Waals surface area contributed by atoms with Crippen molar-refractivity contribution in [3.63, 3.8) is 0 Å². The summed E-state index contributed by atoms with van der Waals surface area (Å²) in [6, 6.07) is 7.10. The summed E-state index contributed by atoms with van der Waals surface area (Å²) in [6.07, 6.45) is 0. The second-order valence-electron chi connectivity index (χ2n) is 4.54. The molecule has 1 N–H and O–H groups in total. The highest BCUT2D eigenvalue weighted by Crippen LogP contribution is 2.27. The minimum atomic E-state index is -0.733. The molecule has 0 aliphatic heterocycles. The lowest BCUT2D eigenvalue weighted by Crippen LogP contribution is -2.10. The van der Waals surface area contributed by atoms with Gasteiger partial charge in [-0.15, -0.1) is 0 Å². The summed E-state index contributed by atoms with van der Waals surface area (Å²) in [5, 5.41) is 13.3. The SMILES string of the molecule is COC(=O)c1ccc2nc(NC(=O)c3ccc([N+](=O)[O-])o3)sc2c1. The molecule has 122 valence electrons. The summed E-state index contributed by atoms with van der Waals surface area (Å²) in [4.78, 5) is 37.6. The fourth-order valence-corrected chi connectivity index (χ4v) is 2.83. The number of nitrogens with zero attached hydrogens (tertiary/aromatic N) is 2. The van der Waals surface area contributed by atoms with E-state index in [9.17, 15) is 19.7 Å². The Morgan fingerprint density at radius 2 is 2.12 bits per heavy atom. The summed E-state index contributed by atoms with van der Waals surface area (Å²) in [7, 11) is 1.29. The largest absolute Gasteiger partial charge is 0.465 e. The molecule has 0 fully saturated rings. The zero-order chi connectivity index (χ0) is 17.3. The number of thiazole rings is 1. The third kappa shape index (κ3) is 2.94. The van der Waals surface area contributed by atoms with E-state index in [1.807, 2.05) is 0 Å². The molecule has 1 amide bonds. The number of amides is 1. The molecule has 0 unspecified atom stereocenters. The lowest BCUT2D eigenvalue weighted by atomic mass is 10.2. The Morgan fingerprint density at radius 3 is 2.79 bits per heavy atom. The van der Waals surface area contributed by atoms with E-state index >= 15 is 0 Å². The van der Waals surface area contributed by atoms with Crippen LogP contribution in [0.1, 0.15) is 20.9 Å². The Bertz CT molecular complexity index is 960. The predicted molar refractivity (Wildman–Crippen MR) is 84.3 cm³/mol. The van der Waals surface area contributed by atoms with Crippen LogP contribution in [0, 0.1) is 10.1 Å². The number of nitrogens with one attached hydrogen (secondary N) is 1. The van der Waals surface area contributed by atoms with Gasteiger partial charge in [0, 0.05) is 0 Å². The van der Waals surface area contributed by atoms with Crippen LogP contribution in [0.5, 0.6) is 0 Å². The molecule has 0 bridgehead atoms. The number of rotatable bonds is 4. The first-order chi connectivity index (χ1) is 11.5. The summed E-state index contributed by atoms with van der Waals surface area (Å²) in [5.41, 5.74) is 0.960. The van der Waals surface area contributed by atoms with Crippen LogP contribution in [0.3, 0.4) is 0 Å². The van der Waals surface area contributed by atoms with E-state index in [0.29, 0.717) is 15.8 Å². The maximum absolute atomic E-state index is 12.0. The number of benzene rings is 1. The average molecular weight is 347 g/mol. The van der Waals surface area contributed by atoms with Crippen LogP contribution in [0.2, 0.25) is 0 Å². The van der Waals surface area contributed by atoms with Crippen LogP contribution < -0.4 is 5.32 Å². The molecule has 2 aromatic heterocycles. The van der Waals surface area contributed by atoms with Crippen molar-refractivity contribution in [1.82, 2.24) is 4.98 Å². The molecule has 0 atom stereocenters. The van der Waals surface area contributed by atoms with Crippen LogP contribution >= 0.6 is 11.3 Å². The summed E-state index contributed by atoms with van der Waals surface area (Å²) in [5.74, 6) is -1.85. The summed E-state index contributed by atoms with van der Waals surface area (Å²) < 4.78 is 10.1. The summed E-state index contributed by atoms with van der Waals surface area (Å²) >= 11 is 1.15. The van der Waals surface area contributed by atoms with Crippen LogP contribution in [-0.4, -0.2) is 28.9 Å². The van der Waals surface area contributed by atoms with Gasteiger partial charge in [-0.25, -0.2) is 9.78 Å². The molecular weight excluding hydrogens is 338 g/mol. The monoisotopic (exact) mass is 347 g/mol. The highest BCUT2D eigenvalue weighted by molar-refractivity contribution is 7.22. The van der Waals surface area contributed by atoms with Crippen molar-refractivity contribution in [3.05, 3.63) is 51.8 Å². The average Bonchev–Trinajstić information content (AvgIpc) is 3.19. The highest BCUT2D eigenvalue weighted by atomic mass is 32.1. The molecule has 0 aliphatic carbocycles. The second-order valence-corrected chi connectivity index (χ2v) is 5.57. The molecule has 0 saturated heterocycles. The number of hydrogen-bond donors (Lipinski definition) is 1. The Morgan fingerprint density at radius 1 is 1.33 bits per heavy atom. The molecule has 0 saturated carbocycles. The molecule has 10 heteroatoms. The van der Waals surface area contributed by atoms with Crippen molar-refractivity contribution in [1.29, 1.82) is 0 Å². The standard InChI is InChI=1S/C14H9N3O6S/c1-22-13(19)7-2-3-8-10(6-7)24-14(15-8)16-12(18)9-4-5-11(23-9)17(20)21/h2-6H,1H3,(H,15,16,18). The lowest BCUT2D eigenvalue weighted by molar-refractivity contribution is -0.402. The van der Waals surface area contributed by atoms with Gasteiger partial charge in [0.15, 0.2) is 10.9 Å². The van der Waals surface area contributed by atoms with Crippen molar-refractivity contribution < 1.29 is 23.7 Å². The van der Waals surface area contributed by atoms with E-state index in [4.69, 9.17) is 4.42 Å². The third-order valence-corrected chi connectivity index (χ3v) is 3.96. The third-order valence-electron chi connectivity index (χ3n) is 3.03. The van der Waals surface area contributed by atoms with E-state index in [1.165, 1.54) is 13.2 Å². The topological polar surface area (TPSA) is 125 Å². The zero-order valence-electron chi connectivity index (χ0n) is 12.1. The number of aromatic nitrogens is 1. The Labute approximate surface area is 138 Å². The van der Waals surface area contributed by atoms with Gasteiger partial charge in [0.1, 0.15) is 4.92 Å². The lowest BCUT2D eigenvalue weighted by Gasteiger charge is -1.97. The number of carbonyl (C=O) groups is 2. The molecule has 3 rings (SSSR count). The van der Waals surface area contributed by atoms with Gasteiger partial charge in [-0.2, -0.15) is 0 Å². The Balaban J connectivity index is 1.82. The minimum Gasteiger partial charge on any atom is -0.465 e. The van der Waals surface area contributed by atoms with E-state index < -0.39 is 22.7 Å². The van der Waals surface area contributed by atoms with Crippen LogP contribution in [0.25, 0.3) is 10.2 Å². The predicted octanol–water partition coefficient (Wildman–Crippen LogP) is 2.84. The quantitative estimate of drug-likeness (QED) is 0.437. The number of furan rings is 1. The molecule has 0 radical (unpaired) electrons. The van der Waals surface area contributed by atoms with Gasteiger partial charge in [-0.3, -0.25) is 20.2 Å². The van der Waals surface area contributed by atoms with Crippen LogP contribution in [0.4, 0.5) is 11.0 Å². The maximum Gasteiger partial charge on any atom is 0.433 e. The fraction of sp³-hybridized carbons (Fsp3) is 0.0714. The number of esters is 1. The molecule has 24 heavy (non-hydrogen) atoms. The van der Waals surface area contributed by atoms with Crippen molar-refractivity contribution >= 4 is 44.4 Å². The Hall–Kier alpha value is -3.27. The van der Waals surface area contributed by atoms with E-state index in [2.05, 4.69) is 15.0 Å². The van der Waals surface area contributed by atoms with E-state index in [1.54, 1.807) is 18.2 Å². The maximum atomic E-state index is 12.0. The molecule has 1 aromatic carbocycles.